The first kappa shape index (κ1) is 16.6. The summed E-state index contributed by atoms with van der Waals surface area (Å²) in [7, 11) is 0. The molecule has 3 rings (SSSR count). The molecule has 24 heavy (non-hydrogen) atoms. The zero-order valence-corrected chi connectivity index (χ0v) is 14.7. The summed E-state index contributed by atoms with van der Waals surface area (Å²) in [5.41, 5.74) is 3.22. The molecule has 1 aromatic heterocycles. The second kappa shape index (κ2) is 7.07. The number of hydrogen-bond acceptors (Lipinski definition) is 3. The van der Waals surface area contributed by atoms with E-state index in [1.54, 1.807) is 0 Å². The van der Waals surface area contributed by atoms with Crippen molar-refractivity contribution in [1.29, 1.82) is 0 Å². The fraction of sp³-hybridized carbons (Fsp3) is 0.474. The highest BCUT2D eigenvalue weighted by atomic mass is 16.5. The Morgan fingerprint density at radius 1 is 1.29 bits per heavy atom. The van der Waals surface area contributed by atoms with Gasteiger partial charge in [-0.3, -0.25) is 9.48 Å². The van der Waals surface area contributed by atoms with Gasteiger partial charge in [0.1, 0.15) is 5.75 Å². The van der Waals surface area contributed by atoms with E-state index in [0.29, 0.717) is 19.1 Å². The Hall–Kier alpha value is -2.30. The van der Waals surface area contributed by atoms with Gasteiger partial charge in [0, 0.05) is 18.8 Å². The number of hydrogen-bond donors (Lipinski definition) is 0. The summed E-state index contributed by atoms with van der Waals surface area (Å²) in [6, 6.07) is 10.2. The second-order valence-corrected chi connectivity index (χ2v) is 6.41. The van der Waals surface area contributed by atoms with Crippen LogP contribution in [0.4, 0.5) is 0 Å². The number of ether oxygens (including phenoxy) is 1. The smallest absolute Gasteiger partial charge is 0.227 e. The van der Waals surface area contributed by atoms with Crippen molar-refractivity contribution in [3.8, 4) is 5.75 Å². The molecule has 0 unspecified atom stereocenters. The largest absolute Gasteiger partial charge is 0.494 e. The van der Waals surface area contributed by atoms with Gasteiger partial charge in [-0.2, -0.15) is 5.10 Å². The number of rotatable bonds is 5. The van der Waals surface area contributed by atoms with Crippen LogP contribution in [0.1, 0.15) is 36.3 Å². The molecule has 1 fully saturated rings. The molecule has 2 aromatic rings. The highest BCUT2D eigenvalue weighted by molar-refractivity contribution is 5.79. The van der Waals surface area contributed by atoms with Gasteiger partial charge in [0.05, 0.1) is 24.8 Å². The number of carbonyl (C=O) groups is 1. The maximum atomic E-state index is 12.6. The molecule has 1 atom stereocenters. The lowest BCUT2D eigenvalue weighted by molar-refractivity contribution is -0.129. The molecule has 5 heteroatoms. The molecule has 2 heterocycles. The van der Waals surface area contributed by atoms with E-state index in [-0.39, 0.29) is 5.91 Å². The summed E-state index contributed by atoms with van der Waals surface area (Å²) in [5, 5.41) is 4.56. The summed E-state index contributed by atoms with van der Waals surface area (Å²) in [5.74, 6) is 1.03. The number of nitrogens with zero attached hydrogens (tertiary/aromatic N) is 3. The quantitative estimate of drug-likeness (QED) is 0.848. The van der Waals surface area contributed by atoms with Gasteiger partial charge < -0.3 is 9.64 Å². The number of amides is 1. The van der Waals surface area contributed by atoms with Crippen molar-refractivity contribution in [3.05, 3.63) is 47.3 Å². The van der Waals surface area contributed by atoms with Crippen molar-refractivity contribution in [2.24, 2.45) is 0 Å². The van der Waals surface area contributed by atoms with Crippen molar-refractivity contribution < 1.29 is 9.53 Å². The fourth-order valence-electron chi connectivity index (χ4n) is 3.34. The fourth-order valence-corrected chi connectivity index (χ4v) is 3.34. The number of aryl methyl sites for hydroxylation is 2. The lowest BCUT2D eigenvalue weighted by Gasteiger charge is -2.17. The number of aromatic nitrogens is 2. The van der Waals surface area contributed by atoms with Crippen molar-refractivity contribution in [3.63, 3.8) is 0 Å². The summed E-state index contributed by atoms with van der Waals surface area (Å²) >= 11 is 0. The minimum absolute atomic E-state index is 0.184. The summed E-state index contributed by atoms with van der Waals surface area (Å²) in [6.07, 6.45) is 1.41. The number of carbonyl (C=O) groups excluding carboxylic acids is 1. The zero-order valence-electron chi connectivity index (χ0n) is 14.7. The average Bonchev–Trinajstić information content (AvgIpc) is 3.16. The van der Waals surface area contributed by atoms with Crippen molar-refractivity contribution in [2.45, 2.75) is 39.7 Å². The first-order valence-corrected chi connectivity index (χ1v) is 8.59. The molecule has 0 spiro atoms. The first-order valence-electron chi connectivity index (χ1n) is 8.59. The first-order chi connectivity index (χ1) is 11.6. The van der Waals surface area contributed by atoms with E-state index in [4.69, 9.17) is 4.74 Å². The Labute approximate surface area is 143 Å². The highest BCUT2D eigenvalue weighted by Crippen LogP contribution is 2.24. The molecule has 1 aromatic carbocycles. The van der Waals surface area contributed by atoms with Gasteiger partial charge in [-0.05, 0) is 51.0 Å². The molecule has 1 amide bonds. The maximum absolute atomic E-state index is 12.6. The summed E-state index contributed by atoms with van der Waals surface area (Å²) < 4.78 is 7.51. The monoisotopic (exact) mass is 327 g/mol. The molecule has 0 radical (unpaired) electrons. The Bertz CT molecular complexity index is 706. The lowest BCUT2D eigenvalue weighted by atomic mass is 10.1. The standard InChI is InChI=1S/C19H25N3O2/c1-4-24-18-7-5-16(6-8-18)12-19(23)21-10-9-17(13-21)22-15(3)11-14(2)20-22/h5-8,11,17H,4,9-10,12-13H2,1-3H3/t17-/m0/s1. The van der Waals surface area contributed by atoms with Gasteiger partial charge in [0.25, 0.3) is 0 Å². The minimum atomic E-state index is 0.184. The van der Waals surface area contributed by atoms with Crippen LogP contribution in [-0.4, -0.2) is 40.3 Å². The van der Waals surface area contributed by atoms with Crippen LogP contribution in [0.15, 0.2) is 30.3 Å². The minimum Gasteiger partial charge on any atom is -0.494 e. The van der Waals surface area contributed by atoms with E-state index >= 15 is 0 Å². The molecular formula is C19H25N3O2. The maximum Gasteiger partial charge on any atom is 0.227 e. The lowest BCUT2D eigenvalue weighted by Crippen LogP contribution is -2.30. The second-order valence-electron chi connectivity index (χ2n) is 6.41. The van der Waals surface area contributed by atoms with Crippen LogP contribution in [0, 0.1) is 13.8 Å². The average molecular weight is 327 g/mol. The third-order valence-corrected chi connectivity index (χ3v) is 4.50. The van der Waals surface area contributed by atoms with Gasteiger partial charge in [-0.15, -0.1) is 0 Å². The molecule has 5 nitrogen and oxygen atoms in total. The van der Waals surface area contributed by atoms with E-state index in [2.05, 4.69) is 22.8 Å². The van der Waals surface area contributed by atoms with Gasteiger partial charge >= 0.3 is 0 Å². The van der Waals surface area contributed by atoms with Gasteiger partial charge in [0.15, 0.2) is 0 Å². The van der Waals surface area contributed by atoms with Gasteiger partial charge in [-0.25, -0.2) is 0 Å². The van der Waals surface area contributed by atoms with Crippen LogP contribution >= 0.6 is 0 Å². The molecule has 1 aliphatic heterocycles. The van der Waals surface area contributed by atoms with Crippen molar-refractivity contribution in [1.82, 2.24) is 14.7 Å². The third kappa shape index (κ3) is 3.61. The Balaban J connectivity index is 1.59. The van der Waals surface area contributed by atoms with E-state index < -0.39 is 0 Å². The van der Waals surface area contributed by atoms with Crippen LogP contribution in [0.25, 0.3) is 0 Å². The molecule has 0 bridgehead atoms. The molecule has 0 saturated carbocycles. The summed E-state index contributed by atoms with van der Waals surface area (Å²) in [6.45, 7) is 8.25. The van der Waals surface area contributed by atoms with E-state index in [9.17, 15) is 4.79 Å². The molecule has 1 saturated heterocycles. The predicted octanol–water partition coefficient (Wildman–Crippen LogP) is 2.91. The molecule has 128 valence electrons. The van der Waals surface area contributed by atoms with Crippen LogP contribution in [0.2, 0.25) is 0 Å². The molecule has 0 N–H and O–H groups in total. The van der Waals surface area contributed by atoms with Crippen molar-refractivity contribution in [2.75, 3.05) is 19.7 Å². The topological polar surface area (TPSA) is 47.4 Å². The Morgan fingerprint density at radius 3 is 2.67 bits per heavy atom. The number of likely N-dealkylation sites (tertiary alicyclic amines) is 1. The van der Waals surface area contributed by atoms with Crippen molar-refractivity contribution >= 4 is 5.91 Å². The van der Waals surface area contributed by atoms with Gasteiger partial charge in [0.2, 0.25) is 5.91 Å². The normalized spacial score (nSPS) is 17.3. The SMILES string of the molecule is CCOc1ccc(CC(=O)N2CC[C@H](n3nc(C)cc3C)C2)cc1. The number of benzene rings is 1. The highest BCUT2D eigenvalue weighted by Gasteiger charge is 2.28. The van der Waals surface area contributed by atoms with Crippen LogP contribution in [0.3, 0.4) is 0 Å². The van der Waals surface area contributed by atoms with Crippen LogP contribution in [0.5, 0.6) is 5.75 Å². The Kier molecular flexibility index (Phi) is 4.88. The van der Waals surface area contributed by atoms with Gasteiger partial charge in [-0.1, -0.05) is 12.1 Å². The molecular weight excluding hydrogens is 302 g/mol. The van der Waals surface area contributed by atoms with Crippen LogP contribution in [-0.2, 0) is 11.2 Å². The van der Waals surface area contributed by atoms with Crippen LogP contribution < -0.4 is 4.74 Å². The molecule has 0 aliphatic carbocycles. The summed E-state index contributed by atoms with van der Waals surface area (Å²) in [4.78, 5) is 14.5. The third-order valence-electron chi connectivity index (χ3n) is 4.50. The molecule has 1 aliphatic rings. The zero-order chi connectivity index (χ0) is 17.1. The van der Waals surface area contributed by atoms with E-state index in [1.165, 1.54) is 5.69 Å². The predicted molar refractivity (Wildman–Crippen MR) is 93.3 cm³/mol. The Morgan fingerprint density at radius 2 is 2.04 bits per heavy atom. The van der Waals surface area contributed by atoms with E-state index in [0.717, 1.165) is 36.5 Å². The van der Waals surface area contributed by atoms with E-state index in [1.807, 2.05) is 43.0 Å².